The van der Waals surface area contributed by atoms with E-state index >= 15 is 0 Å². The zero-order chi connectivity index (χ0) is 12.3. The van der Waals surface area contributed by atoms with Gasteiger partial charge in [0.2, 0.25) is 0 Å². The second-order valence-electron chi connectivity index (χ2n) is 4.69. The van der Waals surface area contributed by atoms with E-state index in [1.165, 1.54) is 24.8 Å². The summed E-state index contributed by atoms with van der Waals surface area (Å²) in [6.07, 6.45) is 3.72. The third-order valence-electron chi connectivity index (χ3n) is 3.58. The van der Waals surface area contributed by atoms with Crippen LogP contribution in [0.25, 0.3) is 0 Å². The minimum absolute atomic E-state index is 0.164. The molecule has 2 rings (SSSR count). The van der Waals surface area contributed by atoms with Crippen LogP contribution < -0.4 is 5.32 Å². The molecule has 17 heavy (non-hydrogen) atoms. The molecule has 0 spiro atoms. The van der Waals surface area contributed by atoms with E-state index in [0.29, 0.717) is 12.0 Å². The summed E-state index contributed by atoms with van der Waals surface area (Å²) in [5.74, 6) is 0.413. The molecular formula is C13H18N2O2. The number of piperidine rings is 1. The number of hydrogen-bond acceptors (Lipinski definition) is 3. The number of nitrogens with zero attached hydrogens (tertiary/aromatic N) is 1. The SMILES string of the molecule is CC(c1ccc([N+](=O)[O-])cc1)C1CCCCN1. The lowest BCUT2D eigenvalue weighted by Crippen LogP contribution is -2.37. The van der Waals surface area contributed by atoms with Gasteiger partial charge in [-0.1, -0.05) is 25.5 Å². The Kier molecular flexibility index (Phi) is 3.74. The van der Waals surface area contributed by atoms with Crippen LogP contribution in [0, 0.1) is 10.1 Å². The maximum absolute atomic E-state index is 10.6. The average Bonchev–Trinajstić information content (AvgIpc) is 2.39. The first-order chi connectivity index (χ1) is 8.18. The fourth-order valence-corrected chi connectivity index (χ4v) is 2.44. The van der Waals surface area contributed by atoms with E-state index in [1.807, 2.05) is 12.1 Å². The maximum Gasteiger partial charge on any atom is 0.269 e. The summed E-state index contributed by atoms with van der Waals surface area (Å²) in [7, 11) is 0. The van der Waals surface area contributed by atoms with Crippen molar-refractivity contribution in [3.05, 3.63) is 39.9 Å². The van der Waals surface area contributed by atoms with Crippen molar-refractivity contribution in [1.29, 1.82) is 0 Å². The molecule has 4 nitrogen and oxygen atoms in total. The van der Waals surface area contributed by atoms with E-state index in [0.717, 1.165) is 6.54 Å². The van der Waals surface area contributed by atoms with Crippen LogP contribution in [-0.2, 0) is 0 Å². The summed E-state index contributed by atoms with van der Waals surface area (Å²) < 4.78 is 0. The highest BCUT2D eigenvalue weighted by Crippen LogP contribution is 2.26. The molecule has 0 aliphatic carbocycles. The molecule has 92 valence electrons. The number of nitro benzene ring substituents is 1. The van der Waals surface area contributed by atoms with Crippen molar-refractivity contribution in [2.75, 3.05) is 6.54 Å². The molecule has 1 aromatic carbocycles. The molecule has 1 N–H and O–H groups in total. The smallest absolute Gasteiger partial charge is 0.269 e. The first-order valence-electron chi connectivity index (χ1n) is 6.16. The number of hydrogen-bond donors (Lipinski definition) is 1. The number of benzene rings is 1. The van der Waals surface area contributed by atoms with E-state index in [-0.39, 0.29) is 10.6 Å². The fraction of sp³-hybridized carbons (Fsp3) is 0.538. The van der Waals surface area contributed by atoms with E-state index < -0.39 is 0 Å². The third kappa shape index (κ3) is 2.82. The summed E-state index contributed by atoms with van der Waals surface area (Å²) in [6, 6.07) is 7.44. The fourth-order valence-electron chi connectivity index (χ4n) is 2.44. The lowest BCUT2D eigenvalue weighted by Gasteiger charge is -2.29. The molecule has 1 aliphatic heterocycles. The molecule has 2 atom stereocenters. The number of nitrogens with one attached hydrogen (secondary N) is 1. The minimum Gasteiger partial charge on any atom is -0.313 e. The molecule has 1 aliphatic rings. The van der Waals surface area contributed by atoms with Gasteiger partial charge < -0.3 is 5.32 Å². The summed E-state index contributed by atoms with van der Waals surface area (Å²) in [5.41, 5.74) is 1.34. The van der Waals surface area contributed by atoms with E-state index in [4.69, 9.17) is 0 Å². The Labute approximate surface area is 101 Å². The third-order valence-corrected chi connectivity index (χ3v) is 3.58. The molecular weight excluding hydrogens is 216 g/mol. The van der Waals surface area contributed by atoms with Crippen molar-refractivity contribution in [3.8, 4) is 0 Å². The molecule has 1 aromatic rings. The van der Waals surface area contributed by atoms with Crippen LogP contribution in [0.1, 0.15) is 37.7 Å². The molecule has 1 heterocycles. The van der Waals surface area contributed by atoms with Crippen molar-refractivity contribution >= 4 is 5.69 Å². The number of nitro groups is 1. The van der Waals surface area contributed by atoms with Gasteiger partial charge in [0, 0.05) is 18.2 Å². The predicted octanol–water partition coefficient (Wildman–Crippen LogP) is 2.84. The summed E-state index contributed by atoms with van der Waals surface area (Å²) >= 11 is 0. The molecule has 1 saturated heterocycles. The predicted molar refractivity (Wildman–Crippen MR) is 67.2 cm³/mol. The molecule has 4 heteroatoms. The van der Waals surface area contributed by atoms with E-state index in [1.54, 1.807) is 12.1 Å². The van der Waals surface area contributed by atoms with Crippen molar-refractivity contribution in [2.24, 2.45) is 0 Å². The Morgan fingerprint density at radius 3 is 2.59 bits per heavy atom. The highest BCUT2D eigenvalue weighted by Gasteiger charge is 2.21. The molecule has 2 unspecified atom stereocenters. The van der Waals surface area contributed by atoms with Gasteiger partial charge in [0.05, 0.1) is 4.92 Å². The summed E-state index contributed by atoms with van der Waals surface area (Å²) in [6.45, 7) is 3.27. The maximum atomic E-state index is 10.6. The number of non-ortho nitro benzene ring substituents is 1. The van der Waals surface area contributed by atoms with Gasteiger partial charge in [-0.15, -0.1) is 0 Å². The van der Waals surface area contributed by atoms with Crippen molar-refractivity contribution in [3.63, 3.8) is 0 Å². The van der Waals surface area contributed by atoms with Gasteiger partial charge in [0.15, 0.2) is 0 Å². The van der Waals surface area contributed by atoms with Crippen molar-refractivity contribution in [2.45, 2.75) is 38.1 Å². The van der Waals surface area contributed by atoms with Gasteiger partial charge >= 0.3 is 0 Å². The van der Waals surface area contributed by atoms with Crippen LogP contribution in [0.3, 0.4) is 0 Å². The topological polar surface area (TPSA) is 55.2 Å². The van der Waals surface area contributed by atoms with Crippen LogP contribution >= 0.6 is 0 Å². The van der Waals surface area contributed by atoms with Gasteiger partial charge in [0.25, 0.3) is 5.69 Å². The molecule has 1 fully saturated rings. The first-order valence-corrected chi connectivity index (χ1v) is 6.16. The van der Waals surface area contributed by atoms with Gasteiger partial charge in [-0.3, -0.25) is 10.1 Å². The van der Waals surface area contributed by atoms with Crippen LogP contribution in [0.15, 0.2) is 24.3 Å². The second kappa shape index (κ2) is 5.27. The normalized spacial score (nSPS) is 22.1. The van der Waals surface area contributed by atoms with Crippen LogP contribution in [0.4, 0.5) is 5.69 Å². The zero-order valence-electron chi connectivity index (χ0n) is 10.1. The highest BCUT2D eigenvalue weighted by molar-refractivity contribution is 5.34. The van der Waals surface area contributed by atoms with E-state index in [9.17, 15) is 10.1 Å². The monoisotopic (exact) mass is 234 g/mol. The molecule has 0 saturated carbocycles. The van der Waals surface area contributed by atoms with Gasteiger partial charge in [-0.05, 0) is 30.9 Å². The standard InChI is InChI=1S/C13H18N2O2/c1-10(13-4-2-3-9-14-13)11-5-7-12(8-6-11)15(16)17/h5-8,10,13-14H,2-4,9H2,1H3. The summed E-state index contributed by atoms with van der Waals surface area (Å²) in [5, 5.41) is 14.1. The largest absolute Gasteiger partial charge is 0.313 e. The Balaban J connectivity index is 2.07. The van der Waals surface area contributed by atoms with Crippen LogP contribution in [-0.4, -0.2) is 17.5 Å². The lowest BCUT2D eigenvalue weighted by atomic mass is 9.88. The summed E-state index contributed by atoms with van der Waals surface area (Å²) in [4.78, 5) is 10.2. The minimum atomic E-state index is -0.354. The lowest BCUT2D eigenvalue weighted by molar-refractivity contribution is -0.384. The molecule has 0 radical (unpaired) electrons. The molecule has 0 aromatic heterocycles. The van der Waals surface area contributed by atoms with Crippen LogP contribution in [0.5, 0.6) is 0 Å². The average molecular weight is 234 g/mol. The van der Waals surface area contributed by atoms with Crippen molar-refractivity contribution < 1.29 is 4.92 Å². The Bertz CT molecular complexity index is 383. The Morgan fingerprint density at radius 2 is 2.06 bits per heavy atom. The highest BCUT2D eigenvalue weighted by atomic mass is 16.6. The van der Waals surface area contributed by atoms with Gasteiger partial charge in [-0.2, -0.15) is 0 Å². The number of rotatable bonds is 3. The molecule has 0 bridgehead atoms. The zero-order valence-corrected chi connectivity index (χ0v) is 10.1. The van der Waals surface area contributed by atoms with Gasteiger partial charge in [0.1, 0.15) is 0 Å². The van der Waals surface area contributed by atoms with Gasteiger partial charge in [-0.25, -0.2) is 0 Å². The second-order valence-corrected chi connectivity index (χ2v) is 4.69. The Hall–Kier alpha value is -1.42. The van der Waals surface area contributed by atoms with E-state index in [2.05, 4.69) is 12.2 Å². The first kappa shape index (κ1) is 12.0. The Morgan fingerprint density at radius 1 is 1.35 bits per heavy atom. The van der Waals surface area contributed by atoms with Crippen molar-refractivity contribution in [1.82, 2.24) is 5.32 Å². The molecule has 0 amide bonds. The quantitative estimate of drug-likeness (QED) is 0.646. The van der Waals surface area contributed by atoms with Crippen LogP contribution in [0.2, 0.25) is 0 Å².